The summed E-state index contributed by atoms with van der Waals surface area (Å²) in [5, 5.41) is 11.6. The van der Waals surface area contributed by atoms with Crippen LogP contribution in [0.4, 0.5) is 0 Å². The molecule has 100 valence electrons. The largest absolute Gasteiger partial charge is 0.472 e. The van der Waals surface area contributed by atoms with Crippen LogP contribution in [0.5, 0.6) is 5.88 Å². The van der Waals surface area contributed by atoms with Gasteiger partial charge in [0.05, 0.1) is 6.61 Å². The Morgan fingerprint density at radius 2 is 2.33 bits per heavy atom. The van der Waals surface area contributed by atoms with E-state index in [4.69, 9.17) is 20.4 Å². The van der Waals surface area contributed by atoms with Crippen molar-refractivity contribution in [1.82, 2.24) is 9.97 Å². The number of nitrogens with two attached hydrogens (primary N) is 1. The molecule has 7 heteroatoms. The maximum absolute atomic E-state index is 8.68. The van der Waals surface area contributed by atoms with Crippen LogP contribution in [0.1, 0.15) is 25.2 Å². The van der Waals surface area contributed by atoms with Gasteiger partial charge in [-0.2, -0.15) is 4.98 Å². The van der Waals surface area contributed by atoms with Gasteiger partial charge in [-0.25, -0.2) is 4.98 Å². The third-order valence-electron chi connectivity index (χ3n) is 2.13. The molecule has 0 saturated heterocycles. The molecule has 0 saturated carbocycles. The Morgan fingerprint density at radius 1 is 1.61 bits per heavy atom. The van der Waals surface area contributed by atoms with Crippen molar-refractivity contribution >= 4 is 5.84 Å². The maximum atomic E-state index is 8.68. The van der Waals surface area contributed by atoms with E-state index in [0.717, 1.165) is 0 Å². The highest BCUT2D eigenvalue weighted by Crippen LogP contribution is 2.16. The molecule has 7 nitrogen and oxygen atoms in total. The Kier molecular flexibility index (Phi) is 5.31. The number of hydrogen-bond acceptors (Lipinski definition) is 6. The van der Waals surface area contributed by atoms with Crippen LogP contribution >= 0.6 is 0 Å². The van der Waals surface area contributed by atoms with Crippen molar-refractivity contribution < 1.29 is 14.7 Å². The number of oxime groups is 1. The zero-order valence-corrected chi connectivity index (χ0v) is 10.8. The topological polar surface area (TPSA) is 103 Å². The number of aryl methyl sites for hydroxylation is 1. The molecule has 1 aromatic rings. The zero-order valence-electron chi connectivity index (χ0n) is 10.8. The predicted molar refractivity (Wildman–Crippen MR) is 65.9 cm³/mol. The Morgan fingerprint density at radius 3 is 2.94 bits per heavy atom. The minimum absolute atomic E-state index is 0.0893. The molecule has 0 spiro atoms. The lowest BCUT2D eigenvalue weighted by molar-refractivity contribution is 0.0630. The Labute approximate surface area is 106 Å². The van der Waals surface area contributed by atoms with Crippen molar-refractivity contribution in [3.05, 3.63) is 17.6 Å². The van der Waals surface area contributed by atoms with Gasteiger partial charge in [0.15, 0.2) is 5.84 Å². The second kappa shape index (κ2) is 6.75. The third kappa shape index (κ3) is 3.85. The number of nitrogens with zero attached hydrogens (tertiary/aromatic N) is 3. The van der Waals surface area contributed by atoms with Gasteiger partial charge < -0.3 is 20.4 Å². The normalized spacial score (nSPS) is 13.4. The van der Waals surface area contributed by atoms with Crippen molar-refractivity contribution in [1.29, 1.82) is 0 Å². The summed E-state index contributed by atoms with van der Waals surface area (Å²) in [5.74, 6) is 0.738. The average Bonchev–Trinajstić information content (AvgIpc) is 2.35. The predicted octanol–water partition coefficient (Wildman–Crippen LogP) is 0.683. The quantitative estimate of drug-likeness (QED) is 0.335. The van der Waals surface area contributed by atoms with E-state index in [0.29, 0.717) is 24.6 Å². The molecule has 0 radical (unpaired) electrons. The molecule has 1 rings (SSSR count). The molecule has 0 aliphatic rings. The molecule has 1 atom stereocenters. The highest BCUT2D eigenvalue weighted by molar-refractivity contribution is 5.98. The fourth-order valence-electron chi connectivity index (χ4n) is 1.28. The number of aromatic nitrogens is 2. The van der Waals surface area contributed by atoms with Crippen molar-refractivity contribution in [2.45, 2.75) is 26.9 Å². The molecule has 18 heavy (non-hydrogen) atoms. The van der Waals surface area contributed by atoms with E-state index in [1.807, 2.05) is 13.8 Å². The highest BCUT2D eigenvalue weighted by atomic mass is 16.5. The maximum Gasteiger partial charge on any atom is 0.228 e. The van der Waals surface area contributed by atoms with E-state index in [1.54, 1.807) is 6.92 Å². The molecule has 0 aliphatic carbocycles. The number of amidine groups is 1. The van der Waals surface area contributed by atoms with Gasteiger partial charge in [-0.1, -0.05) is 5.16 Å². The van der Waals surface area contributed by atoms with E-state index < -0.39 is 0 Å². The smallest absolute Gasteiger partial charge is 0.228 e. The fourth-order valence-corrected chi connectivity index (χ4v) is 1.28. The lowest BCUT2D eigenvalue weighted by Crippen LogP contribution is -2.23. The zero-order chi connectivity index (χ0) is 13.5. The molecular weight excluding hydrogens is 236 g/mol. The van der Waals surface area contributed by atoms with Crippen LogP contribution in [0.15, 0.2) is 11.4 Å². The van der Waals surface area contributed by atoms with Crippen LogP contribution < -0.4 is 10.5 Å². The first-order valence-electron chi connectivity index (χ1n) is 5.64. The van der Waals surface area contributed by atoms with Crippen LogP contribution in [-0.4, -0.2) is 40.3 Å². The molecule has 0 bridgehead atoms. The van der Waals surface area contributed by atoms with Crippen LogP contribution in [0.25, 0.3) is 0 Å². The summed E-state index contributed by atoms with van der Waals surface area (Å²) in [5.41, 5.74) is 5.88. The van der Waals surface area contributed by atoms with Crippen LogP contribution in [-0.2, 0) is 4.74 Å². The molecule has 3 N–H and O–H groups in total. The summed E-state index contributed by atoms with van der Waals surface area (Å²) in [6, 6.07) is 0. The SMILES string of the molecule is CCOCC(C)Oc1nc(C)ncc1C(N)=NO. The first-order chi connectivity index (χ1) is 8.58. The lowest BCUT2D eigenvalue weighted by Gasteiger charge is -2.15. The van der Waals surface area contributed by atoms with Gasteiger partial charge in [0, 0.05) is 12.8 Å². The highest BCUT2D eigenvalue weighted by Gasteiger charge is 2.14. The molecule has 0 fully saturated rings. The van der Waals surface area contributed by atoms with Crippen molar-refractivity contribution in [3.63, 3.8) is 0 Å². The summed E-state index contributed by atoms with van der Waals surface area (Å²) in [6.45, 7) is 6.54. The Bertz CT molecular complexity index is 423. The lowest BCUT2D eigenvalue weighted by atomic mass is 10.3. The first kappa shape index (κ1) is 14.2. The standard InChI is InChI=1S/C11H18N4O3/c1-4-17-6-7(2)18-11-9(10(12)15-16)5-13-8(3)14-11/h5,7,16H,4,6H2,1-3H3,(H2,12,15). The molecule has 1 unspecified atom stereocenters. The summed E-state index contributed by atoms with van der Waals surface area (Å²) >= 11 is 0. The minimum Gasteiger partial charge on any atom is -0.472 e. The Hall–Kier alpha value is -1.89. The van der Waals surface area contributed by atoms with Crippen LogP contribution in [0.2, 0.25) is 0 Å². The van der Waals surface area contributed by atoms with E-state index in [2.05, 4.69) is 15.1 Å². The second-order valence-corrected chi connectivity index (χ2v) is 3.71. The summed E-state index contributed by atoms with van der Waals surface area (Å²) in [4.78, 5) is 8.11. The van der Waals surface area contributed by atoms with Crippen LogP contribution in [0, 0.1) is 6.92 Å². The molecule has 1 heterocycles. The first-order valence-corrected chi connectivity index (χ1v) is 5.64. The Balaban J connectivity index is 2.88. The van der Waals surface area contributed by atoms with Crippen molar-refractivity contribution in [2.75, 3.05) is 13.2 Å². The summed E-state index contributed by atoms with van der Waals surface area (Å²) in [7, 11) is 0. The molecule has 0 aliphatic heterocycles. The van der Waals surface area contributed by atoms with E-state index in [-0.39, 0.29) is 17.8 Å². The van der Waals surface area contributed by atoms with Crippen molar-refractivity contribution in [2.24, 2.45) is 10.9 Å². The van der Waals surface area contributed by atoms with Gasteiger partial charge in [0.2, 0.25) is 5.88 Å². The van der Waals surface area contributed by atoms with Crippen molar-refractivity contribution in [3.8, 4) is 5.88 Å². The third-order valence-corrected chi connectivity index (χ3v) is 2.13. The number of rotatable bonds is 6. The van der Waals surface area contributed by atoms with Gasteiger partial charge in [-0.05, 0) is 20.8 Å². The molecule has 0 amide bonds. The minimum atomic E-state index is -0.190. The average molecular weight is 254 g/mol. The second-order valence-electron chi connectivity index (χ2n) is 3.71. The van der Waals surface area contributed by atoms with Gasteiger partial charge >= 0.3 is 0 Å². The molecule has 0 aromatic carbocycles. The van der Waals surface area contributed by atoms with Gasteiger partial charge in [-0.3, -0.25) is 0 Å². The fraction of sp³-hybridized carbons (Fsp3) is 0.545. The molecular formula is C11H18N4O3. The van der Waals surface area contributed by atoms with Gasteiger partial charge in [-0.15, -0.1) is 0 Å². The van der Waals surface area contributed by atoms with E-state index >= 15 is 0 Å². The van der Waals surface area contributed by atoms with E-state index in [1.165, 1.54) is 6.20 Å². The monoisotopic (exact) mass is 254 g/mol. The summed E-state index contributed by atoms with van der Waals surface area (Å²) in [6.07, 6.45) is 1.27. The number of ether oxygens (including phenoxy) is 2. The van der Waals surface area contributed by atoms with Gasteiger partial charge in [0.1, 0.15) is 17.5 Å². The van der Waals surface area contributed by atoms with Crippen LogP contribution in [0.3, 0.4) is 0 Å². The van der Waals surface area contributed by atoms with Gasteiger partial charge in [0.25, 0.3) is 0 Å². The number of hydrogen-bond donors (Lipinski definition) is 2. The van der Waals surface area contributed by atoms with E-state index in [9.17, 15) is 0 Å². The summed E-state index contributed by atoms with van der Waals surface area (Å²) < 4.78 is 10.8. The molecule has 1 aromatic heterocycles.